The van der Waals surface area contributed by atoms with E-state index in [9.17, 15) is 14.4 Å². The number of carbonyl (C=O) groups is 3. The molecule has 1 fully saturated rings. The smallest absolute Gasteiger partial charge is 0.328 e. The van der Waals surface area contributed by atoms with Crippen molar-refractivity contribution in [1.82, 2.24) is 4.90 Å². The Morgan fingerprint density at radius 1 is 1.17 bits per heavy atom. The maximum Gasteiger partial charge on any atom is 0.328 e. The Morgan fingerprint density at radius 2 is 1.80 bits per heavy atom. The molecule has 1 heterocycles. The van der Waals surface area contributed by atoms with Gasteiger partial charge in [-0.15, -0.1) is 0 Å². The minimum atomic E-state index is -0.986. The van der Waals surface area contributed by atoms with Crippen molar-refractivity contribution in [2.75, 3.05) is 7.11 Å². The highest BCUT2D eigenvalue weighted by Crippen LogP contribution is 2.38. The lowest BCUT2D eigenvalue weighted by Crippen LogP contribution is -2.42. The topological polar surface area (TPSA) is 72.9 Å². The number of rotatable bonds is 6. The molecule has 0 bridgehead atoms. The van der Waals surface area contributed by atoms with Crippen molar-refractivity contribution in [3.63, 3.8) is 0 Å². The summed E-state index contributed by atoms with van der Waals surface area (Å²) in [6, 6.07) is 12.4. The molecule has 0 aromatic heterocycles. The van der Waals surface area contributed by atoms with Crippen molar-refractivity contribution in [3.8, 4) is 5.75 Å². The van der Waals surface area contributed by atoms with Gasteiger partial charge in [0.05, 0.1) is 21.0 Å². The first-order valence-corrected chi connectivity index (χ1v) is 11.2. The summed E-state index contributed by atoms with van der Waals surface area (Å²) in [5.74, 6) is -0.549. The van der Waals surface area contributed by atoms with E-state index in [2.05, 4.69) is 36.6 Å². The zero-order valence-corrected chi connectivity index (χ0v) is 20.0. The maximum atomic E-state index is 12.6. The molecule has 0 radical (unpaired) electrons. The Hall–Kier alpha value is -2.10. The molecule has 2 aromatic rings. The number of benzene rings is 2. The zero-order chi connectivity index (χ0) is 21.8. The highest BCUT2D eigenvalue weighted by molar-refractivity contribution is 9.11. The van der Waals surface area contributed by atoms with E-state index in [1.807, 2.05) is 30.3 Å². The van der Waals surface area contributed by atoms with Crippen molar-refractivity contribution in [2.45, 2.75) is 19.6 Å². The van der Waals surface area contributed by atoms with Crippen LogP contribution >= 0.6 is 43.6 Å². The summed E-state index contributed by atoms with van der Waals surface area (Å²) in [7, 11) is 1.21. The average Bonchev–Trinajstić information content (AvgIpc) is 2.99. The van der Waals surface area contributed by atoms with Gasteiger partial charge in [0.25, 0.3) is 11.1 Å². The van der Waals surface area contributed by atoms with E-state index in [4.69, 9.17) is 4.74 Å². The van der Waals surface area contributed by atoms with Crippen LogP contribution in [0, 0.1) is 0 Å². The number of halogens is 2. The molecular weight excluding hydrogens is 538 g/mol. The van der Waals surface area contributed by atoms with Crippen LogP contribution in [0.25, 0.3) is 6.08 Å². The van der Waals surface area contributed by atoms with Crippen molar-refractivity contribution >= 4 is 66.8 Å². The number of ether oxygens (including phenoxy) is 2. The minimum Gasteiger partial charge on any atom is -0.487 e. The molecule has 1 saturated heterocycles. The number of amides is 2. The van der Waals surface area contributed by atoms with E-state index in [0.717, 1.165) is 22.2 Å². The SMILES string of the molecule is COC(=O)[C@@H](C)N1C(=O)S/C(=C/c2cc(Br)c(OCc3ccccc3)c(Br)c2)C1=O. The van der Waals surface area contributed by atoms with Gasteiger partial charge in [0, 0.05) is 0 Å². The predicted molar refractivity (Wildman–Crippen MR) is 122 cm³/mol. The third-order valence-electron chi connectivity index (χ3n) is 4.30. The lowest BCUT2D eigenvalue weighted by atomic mass is 10.2. The zero-order valence-electron chi connectivity index (χ0n) is 16.1. The van der Waals surface area contributed by atoms with Crippen LogP contribution in [0.4, 0.5) is 4.79 Å². The molecule has 1 aliphatic rings. The summed E-state index contributed by atoms with van der Waals surface area (Å²) < 4.78 is 11.9. The van der Waals surface area contributed by atoms with Crippen LogP contribution < -0.4 is 4.74 Å². The first-order chi connectivity index (χ1) is 14.3. The first kappa shape index (κ1) is 22.6. The van der Waals surface area contributed by atoms with Crippen LogP contribution in [0.5, 0.6) is 5.75 Å². The largest absolute Gasteiger partial charge is 0.487 e. The number of thioether (sulfide) groups is 1. The predicted octanol–water partition coefficient (Wildman–Crippen LogP) is 5.39. The van der Waals surface area contributed by atoms with E-state index in [0.29, 0.717) is 26.9 Å². The molecule has 3 rings (SSSR count). The van der Waals surface area contributed by atoms with E-state index in [1.165, 1.54) is 14.0 Å². The monoisotopic (exact) mass is 553 g/mol. The Balaban J connectivity index is 1.80. The second kappa shape index (κ2) is 9.80. The van der Waals surface area contributed by atoms with Crippen LogP contribution in [-0.4, -0.2) is 35.2 Å². The Kier molecular flexibility index (Phi) is 7.38. The fourth-order valence-electron chi connectivity index (χ4n) is 2.77. The van der Waals surface area contributed by atoms with Crippen LogP contribution in [0.2, 0.25) is 0 Å². The van der Waals surface area contributed by atoms with Gasteiger partial charge in [-0.05, 0) is 79.9 Å². The number of hydrogen-bond donors (Lipinski definition) is 0. The molecule has 0 spiro atoms. The summed E-state index contributed by atoms with van der Waals surface area (Å²) in [6.45, 7) is 1.86. The summed E-state index contributed by atoms with van der Waals surface area (Å²) >= 11 is 7.78. The molecule has 9 heteroatoms. The lowest BCUT2D eigenvalue weighted by molar-refractivity contribution is -0.148. The number of hydrogen-bond acceptors (Lipinski definition) is 6. The van der Waals surface area contributed by atoms with Crippen LogP contribution in [0.3, 0.4) is 0 Å². The molecular formula is C21H17Br2NO5S. The fourth-order valence-corrected chi connectivity index (χ4v) is 5.13. The second-order valence-corrected chi connectivity index (χ2v) is 9.04. The van der Waals surface area contributed by atoms with Gasteiger partial charge in [-0.2, -0.15) is 0 Å². The maximum absolute atomic E-state index is 12.6. The molecule has 0 unspecified atom stereocenters. The third-order valence-corrected chi connectivity index (χ3v) is 6.36. The summed E-state index contributed by atoms with van der Waals surface area (Å²) in [6.07, 6.45) is 1.60. The third kappa shape index (κ3) is 4.96. The van der Waals surface area contributed by atoms with E-state index < -0.39 is 23.2 Å². The van der Waals surface area contributed by atoms with Gasteiger partial charge in [0.2, 0.25) is 0 Å². The quantitative estimate of drug-likeness (QED) is 0.352. The fraction of sp³-hybridized carbons (Fsp3) is 0.190. The molecule has 2 amide bonds. The van der Waals surface area contributed by atoms with Gasteiger partial charge in [0.1, 0.15) is 18.4 Å². The van der Waals surface area contributed by atoms with Gasteiger partial charge in [-0.25, -0.2) is 4.79 Å². The highest BCUT2D eigenvalue weighted by Gasteiger charge is 2.41. The van der Waals surface area contributed by atoms with E-state index in [1.54, 1.807) is 18.2 Å². The number of methoxy groups -OCH3 is 1. The number of imide groups is 1. The summed E-state index contributed by atoms with van der Waals surface area (Å²) in [5.41, 5.74) is 1.73. The van der Waals surface area contributed by atoms with Gasteiger partial charge >= 0.3 is 5.97 Å². The van der Waals surface area contributed by atoms with Gasteiger partial charge < -0.3 is 9.47 Å². The molecule has 2 aromatic carbocycles. The number of carbonyl (C=O) groups excluding carboxylic acids is 3. The molecule has 0 N–H and O–H groups in total. The number of nitrogens with zero attached hydrogens (tertiary/aromatic N) is 1. The molecule has 30 heavy (non-hydrogen) atoms. The molecule has 6 nitrogen and oxygen atoms in total. The minimum absolute atomic E-state index is 0.229. The van der Waals surface area contributed by atoms with Crippen molar-refractivity contribution in [3.05, 3.63) is 67.4 Å². The van der Waals surface area contributed by atoms with Crippen molar-refractivity contribution in [2.24, 2.45) is 0 Å². The molecule has 0 aliphatic carbocycles. The number of esters is 1. The Labute approximate surface area is 194 Å². The summed E-state index contributed by atoms with van der Waals surface area (Å²) in [4.78, 5) is 37.7. The Morgan fingerprint density at radius 3 is 2.40 bits per heavy atom. The van der Waals surface area contributed by atoms with E-state index >= 15 is 0 Å². The van der Waals surface area contributed by atoms with Crippen molar-refractivity contribution < 1.29 is 23.9 Å². The lowest BCUT2D eigenvalue weighted by Gasteiger charge is -2.18. The standard InChI is InChI=1S/C21H17Br2NO5S/c1-12(20(26)28-2)24-19(25)17(30-21(24)27)10-14-8-15(22)18(16(23)9-14)29-11-13-6-4-3-5-7-13/h3-10,12H,11H2,1-2H3/b17-10+/t12-/m1/s1. The van der Waals surface area contributed by atoms with Crippen LogP contribution in [-0.2, 0) is 20.9 Å². The van der Waals surface area contributed by atoms with Crippen LogP contribution in [0.15, 0.2) is 56.3 Å². The van der Waals surface area contributed by atoms with Gasteiger partial charge in [0.15, 0.2) is 0 Å². The highest BCUT2D eigenvalue weighted by atomic mass is 79.9. The normalized spacial score (nSPS) is 16.1. The molecule has 156 valence electrons. The van der Waals surface area contributed by atoms with Crippen LogP contribution in [0.1, 0.15) is 18.1 Å². The van der Waals surface area contributed by atoms with E-state index in [-0.39, 0.29) is 4.91 Å². The summed E-state index contributed by atoms with van der Waals surface area (Å²) in [5, 5.41) is -0.509. The first-order valence-electron chi connectivity index (χ1n) is 8.82. The molecule has 1 atom stereocenters. The van der Waals surface area contributed by atoms with Gasteiger partial charge in [-0.1, -0.05) is 30.3 Å². The van der Waals surface area contributed by atoms with Crippen molar-refractivity contribution in [1.29, 1.82) is 0 Å². The Bertz CT molecular complexity index is 1000. The molecule has 1 aliphatic heterocycles. The molecule has 0 saturated carbocycles. The average molecular weight is 555 g/mol. The van der Waals surface area contributed by atoms with Gasteiger partial charge in [-0.3, -0.25) is 14.5 Å². The second-order valence-electron chi connectivity index (χ2n) is 6.34.